The second-order valence-electron chi connectivity index (χ2n) is 9.56. The van der Waals surface area contributed by atoms with E-state index in [0.29, 0.717) is 37.4 Å². The highest BCUT2D eigenvalue weighted by molar-refractivity contribution is 6.38. The van der Waals surface area contributed by atoms with Gasteiger partial charge in [0.2, 0.25) is 5.78 Å². The molecule has 0 unspecified atom stereocenters. The first-order chi connectivity index (χ1) is 18.9. The predicted molar refractivity (Wildman–Crippen MR) is 148 cm³/mol. The number of benzene rings is 3. The molecule has 0 aromatic heterocycles. The molecule has 4 rings (SSSR count). The van der Waals surface area contributed by atoms with Crippen LogP contribution in [-0.4, -0.2) is 73.8 Å². The average molecular weight is 531 g/mol. The lowest BCUT2D eigenvalue weighted by molar-refractivity contribution is -0.138. The van der Waals surface area contributed by atoms with Gasteiger partial charge in [0, 0.05) is 37.3 Å². The maximum atomic E-state index is 12.6. The number of hydrogen-bond acceptors (Lipinski definition) is 6. The Bertz CT molecular complexity index is 1320. The summed E-state index contributed by atoms with van der Waals surface area (Å²) in [4.78, 5) is 52.1. The van der Waals surface area contributed by atoms with E-state index in [9.17, 15) is 19.2 Å². The maximum Gasteiger partial charge on any atom is 0.289 e. The van der Waals surface area contributed by atoms with Gasteiger partial charge < -0.3 is 20.7 Å². The first-order valence-electron chi connectivity index (χ1n) is 13.2. The molecule has 0 radical (unpaired) electrons. The van der Waals surface area contributed by atoms with Crippen molar-refractivity contribution in [3.63, 3.8) is 0 Å². The van der Waals surface area contributed by atoms with Crippen LogP contribution in [0.15, 0.2) is 66.7 Å². The molecule has 3 amide bonds. The smallest absolute Gasteiger partial charge is 0.289 e. The van der Waals surface area contributed by atoms with Crippen molar-refractivity contribution in [1.29, 1.82) is 0 Å². The van der Waals surface area contributed by atoms with E-state index in [2.05, 4.69) is 20.9 Å². The molecule has 9 heteroatoms. The minimum Gasteiger partial charge on any atom is -0.379 e. The molecule has 1 fully saturated rings. The SMILES string of the molecule is C[C@H](NC(=O)c1ccc(CNC(=O)c2ccc3ccccc3c2)cc1)C(=O)C(=O)NCCCN1CCOCC1. The zero-order valence-electron chi connectivity index (χ0n) is 22.1. The van der Waals surface area contributed by atoms with Crippen LogP contribution in [0.2, 0.25) is 0 Å². The average Bonchev–Trinajstić information content (AvgIpc) is 2.98. The van der Waals surface area contributed by atoms with Crippen molar-refractivity contribution in [3.8, 4) is 0 Å². The second kappa shape index (κ2) is 13.6. The number of amides is 3. The molecule has 3 N–H and O–H groups in total. The number of carbonyl (C=O) groups excluding carboxylic acids is 4. The van der Waals surface area contributed by atoms with Crippen molar-refractivity contribution in [2.24, 2.45) is 0 Å². The third kappa shape index (κ3) is 7.95. The lowest BCUT2D eigenvalue weighted by Crippen LogP contribution is -2.46. The summed E-state index contributed by atoms with van der Waals surface area (Å²) >= 11 is 0. The third-order valence-electron chi connectivity index (χ3n) is 6.69. The van der Waals surface area contributed by atoms with Crippen LogP contribution in [0, 0.1) is 0 Å². The summed E-state index contributed by atoms with van der Waals surface area (Å²) in [6.07, 6.45) is 0.731. The molecule has 1 aliphatic heterocycles. The Hall–Kier alpha value is -4.08. The van der Waals surface area contributed by atoms with Crippen molar-refractivity contribution < 1.29 is 23.9 Å². The van der Waals surface area contributed by atoms with Crippen molar-refractivity contribution in [3.05, 3.63) is 83.4 Å². The molecule has 0 spiro atoms. The van der Waals surface area contributed by atoms with E-state index in [-0.39, 0.29) is 5.91 Å². The van der Waals surface area contributed by atoms with E-state index >= 15 is 0 Å². The van der Waals surface area contributed by atoms with Crippen LogP contribution < -0.4 is 16.0 Å². The van der Waals surface area contributed by atoms with Crippen LogP contribution in [-0.2, 0) is 20.9 Å². The number of nitrogens with zero attached hydrogens (tertiary/aromatic N) is 1. The van der Waals surface area contributed by atoms with Gasteiger partial charge in [0.05, 0.1) is 19.3 Å². The Balaban J connectivity index is 1.19. The fraction of sp³-hybridized carbons (Fsp3) is 0.333. The van der Waals surface area contributed by atoms with Gasteiger partial charge in [-0.3, -0.25) is 24.1 Å². The number of fused-ring (bicyclic) bond motifs is 1. The Morgan fingerprint density at radius 2 is 1.54 bits per heavy atom. The molecule has 0 saturated carbocycles. The highest BCUT2D eigenvalue weighted by Gasteiger charge is 2.23. The minimum atomic E-state index is -0.960. The van der Waals surface area contributed by atoms with Crippen LogP contribution in [0.3, 0.4) is 0 Å². The molecule has 1 saturated heterocycles. The van der Waals surface area contributed by atoms with E-state index in [0.717, 1.165) is 42.4 Å². The summed E-state index contributed by atoms with van der Waals surface area (Å²) in [5.41, 5.74) is 1.75. The van der Waals surface area contributed by atoms with Gasteiger partial charge in [-0.15, -0.1) is 0 Å². The van der Waals surface area contributed by atoms with Gasteiger partial charge in [0.15, 0.2) is 0 Å². The number of ketones is 1. The molecule has 1 heterocycles. The zero-order valence-corrected chi connectivity index (χ0v) is 22.1. The van der Waals surface area contributed by atoms with Crippen LogP contribution in [0.4, 0.5) is 0 Å². The first kappa shape index (κ1) is 27.9. The van der Waals surface area contributed by atoms with Crippen molar-refractivity contribution in [2.45, 2.75) is 25.9 Å². The fourth-order valence-corrected chi connectivity index (χ4v) is 4.35. The first-order valence-corrected chi connectivity index (χ1v) is 13.2. The number of carbonyl (C=O) groups is 4. The summed E-state index contributed by atoms with van der Waals surface area (Å²) in [6, 6.07) is 19.2. The second-order valence-corrected chi connectivity index (χ2v) is 9.56. The molecule has 3 aromatic rings. The Morgan fingerprint density at radius 3 is 2.28 bits per heavy atom. The standard InChI is InChI=1S/C30H34N4O5/c1-21(27(35)30(38)31-13-4-14-34-15-17-39-18-16-34)33-29(37)24-9-7-22(8-10-24)20-32-28(36)26-12-11-23-5-2-3-6-25(23)19-26/h2-3,5-12,19,21H,4,13-18,20H2,1H3,(H,31,38)(H,32,36)(H,33,37)/t21-/m0/s1. The van der Waals surface area contributed by atoms with Crippen molar-refractivity contribution >= 4 is 34.3 Å². The molecule has 0 aliphatic carbocycles. The summed E-state index contributed by atoms with van der Waals surface area (Å²) in [5, 5.41) is 10.2. The molecule has 0 bridgehead atoms. The number of ether oxygens (including phenoxy) is 1. The summed E-state index contributed by atoms with van der Waals surface area (Å²) in [5.74, 6) is -2.04. The van der Waals surface area contributed by atoms with Crippen molar-refractivity contribution in [1.82, 2.24) is 20.9 Å². The zero-order chi connectivity index (χ0) is 27.6. The monoisotopic (exact) mass is 530 g/mol. The maximum absolute atomic E-state index is 12.6. The van der Waals surface area contributed by atoms with Gasteiger partial charge in [-0.05, 0) is 60.5 Å². The number of hydrogen-bond donors (Lipinski definition) is 3. The van der Waals surface area contributed by atoms with E-state index in [1.807, 2.05) is 36.4 Å². The summed E-state index contributed by atoms with van der Waals surface area (Å²) in [6.45, 7) is 6.18. The molecular formula is C30H34N4O5. The molecule has 3 aromatic carbocycles. The van der Waals surface area contributed by atoms with Crippen molar-refractivity contribution in [2.75, 3.05) is 39.4 Å². The molecule has 39 heavy (non-hydrogen) atoms. The van der Waals surface area contributed by atoms with Gasteiger partial charge in [0.25, 0.3) is 17.7 Å². The Labute approximate surface area is 227 Å². The minimum absolute atomic E-state index is 0.186. The van der Waals surface area contributed by atoms with Crippen LogP contribution in [0.25, 0.3) is 10.8 Å². The quantitative estimate of drug-likeness (QED) is 0.259. The lowest BCUT2D eigenvalue weighted by Gasteiger charge is -2.26. The molecular weight excluding hydrogens is 496 g/mol. The Kier molecular flexibility index (Phi) is 9.77. The van der Waals surface area contributed by atoms with E-state index in [1.54, 1.807) is 30.3 Å². The van der Waals surface area contributed by atoms with E-state index in [1.165, 1.54) is 6.92 Å². The number of morpholine rings is 1. The van der Waals surface area contributed by atoms with Gasteiger partial charge >= 0.3 is 0 Å². The van der Waals surface area contributed by atoms with Gasteiger partial charge in [-0.2, -0.15) is 0 Å². The van der Waals surface area contributed by atoms with Crippen LogP contribution in [0.5, 0.6) is 0 Å². The summed E-state index contributed by atoms with van der Waals surface area (Å²) in [7, 11) is 0. The third-order valence-corrected chi connectivity index (χ3v) is 6.69. The number of Topliss-reactive ketones (excluding diaryl/α,β-unsaturated/α-hetero) is 1. The van der Waals surface area contributed by atoms with E-state index < -0.39 is 23.6 Å². The van der Waals surface area contributed by atoms with Gasteiger partial charge in [-0.25, -0.2) is 0 Å². The van der Waals surface area contributed by atoms with Crippen LogP contribution >= 0.6 is 0 Å². The predicted octanol–water partition coefficient (Wildman–Crippen LogP) is 2.30. The van der Waals surface area contributed by atoms with E-state index in [4.69, 9.17) is 4.74 Å². The van der Waals surface area contributed by atoms with Gasteiger partial charge in [-0.1, -0.05) is 42.5 Å². The molecule has 9 nitrogen and oxygen atoms in total. The highest BCUT2D eigenvalue weighted by Crippen LogP contribution is 2.16. The highest BCUT2D eigenvalue weighted by atomic mass is 16.5. The van der Waals surface area contributed by atoms with Crippen LogP contribution in [0.1, 0.15) is 39.6 Å². The fourth-order valence-electron chi connectivity index (χ4n) is 4.35. The molecule has 1 aliphatic rings. The normalized spacial score (nSPS) is 14.4. The molecule has 204 valence electrons. The summed E-state index contributed by atoms with van der Waals surface area (Å²) < 4.78 is 5.31. The number of rotatable bonds is 11. The van der Waals surface area contributed by atoms with Gasteiger partial charge in [0.1, 0.15) is 0 Å². The lowest BCUT2D eigenvalue weighted by atomic mass is 10.1. The largest absolute Gasteiger partial charge is 0.379 e. The number of nitrogens with one attached hydrogen (secondary N) is 3. The Morgan fingerprint density at radius 1 is 0.846 bits per heavy atom. The molecule has 1 atom stereocenters. The topological polar surface area (TPSA) is 117 Å².